The molecule has 1 aliphatic carbocycles. The number of benzene rings is 1. The largest absolute Gasteiger partial charge is 0.198 e. The van der Waals surface area contributed by atoms with Gasteiger partial charge in [-0.3, -0.25) is 0 Å². The Bertz CT molecular complexity index is 439. The van der Waals surface area contributed by atoms with Gasteiger partial charge in [-0.05, 0) is 49.7 Å². The summed E-state index contributed by atoms with van der Waals surface area (Å²) < 4.78 is 1.14. The summed E-state index contributed by atoms with van der Waals surface area (Å²) in [5.74, 6) is 0.839. The Kier molecular flexibility index (Phi) is 4.45. The van der Waals surface area contributed by atoms with Gasteiger partial charge in [0.2, 0.25) is 0 Å². The van der Waals surface area contributed by atoms with E-state index in [1.807, 2.05) is 6.07 Å². The Morgan fingerprint density at radius 1 is 1.33 bits per heavy atom. The topological polar surface area (TPSA) is 23.8 Å². The van der Waals surface area contributed by atoms with Gasteiger partial charge in [0.25, 0.3) is 0 Å². The van der Waals surface area contributed by atoms with Crippen LogP contribution >= 0.6 is 15.9 Å². The first-order valence-electron chi connectivity index (χ1n) is 6.84. The summed E-state index contributed by atoms with van der Waals surface area (Å²) >= 11 is 3.59. The number of halogens is 1. The van der Waals surface area contributed by atoms with Crippen LogP contribution in [0.3, 0.4) is 0 Å². The molecule has 0 heterocycles. The highest BCUT2D eigenvalue weighted by Crippen LogP contribution is 2.42. The second-order valence-electron chi connectivity index (χ2n) is 5.51. The average Bonchev–Trinajstić information content (AvgIpc) is 2.42. The Morgan fingerprint density at radius 2 is 2.00 bits per heavy atom. The molecule has 0 spiro atoms. The quantitative estimate of drug-likeness (QED) is 0.762. The van der Waals surface area contributed by atoms with Crippen LogP contribution in [0.5, 0.6) is 0 Å². The van der Waals surface area contributed by atoms with Crippen molar-refractivity contribution in [3.8, 4) is 6.07 Å². The molecule has 1 nitrogen and oxygen atoms in total. The minimum atomic E-state index is -0.129. The maximum Gasteiger partial charge on any atom is 0.0693 e. The fraction of sp³-hybridized carbons (Fsp3) is 0.562. The Morgan fingerprint density at radius 3 is 2.56 bits per heavy atom. The first-order valence-corrected chi connectivity index (χ1v) is 7.63. The van der Waals surface area contributed by atoms with Crippen molar-refractivity contribution in [2.24, 2.45) is 11.3 Å². The molecule has 0 saturated heterocycles. The van der Waals surface area contributed by atoms with E-state index in [0.717, 1.165) is 29.7 Å². The Hall–Kier alpha value is -0.810. The van der Waals surface area contributed by atoms with Crippen LogP contribution in [0.4, 0.5) is 0 Å². The Balaban J connectivity index is 2.11. The third kappa shape index (κ3) is 2.95. The molecule has 1 saturated carbocycles. The molecule has 96 valence electrons. The van der Waals surface area contributed by atoms with Gasteiger partial charge in [0.15, 0.2) is 0 Å². The molecule has 0 amide bonds. The number of nitriles is 1. The number of nitrogens with zero attached hydrogens (tertiary/aromatic N) is 1. The molecule has 0 atom stereocenters. The lowest BCUT2D eigenvalue weighted by Gasteiger charge is -2.35. The predicted octanol–water partition coefficient (Wildman–Crippen LogP) is 5.10. The summed E-state index contributed by atoms with van der Waals surface area (Å²) in [6, 6.07) is 10.9. The summed E-state index contributed by atoms with van der Waals surface area (Å²) in [6.07, 6.45) is 6.70. The summed E-state index contributed by atoms with van der Waals surface area (Å²) in [6.45, 7) is 2.26. The van der Waals surface area contributed by atoms with Gasteiger partial charge in [-0.25, -0.2) is 0 Å². The third-order valence-electron chi connectivity index (χ3n) is 4.36. The van der Waals surface area contributed by atoms with E-state index in [1.165, 1.54) is 24.8 Å². The zero-order chi connectivity index (χ0) is 13.0. The van der Waals surface area contributed by atoms with Crippen molar-refractivity contribution in [1.82, 2.24) is 0 Å². The number of hydrogen-bond donors (Lipinski definition) is 0. The van der Waals surface area contributed by atoms with Crippen LogP contribution < -0.4 is 0 Å². The smallest absolute Gasteiger partial charge is 0.0693 e. The summed E-state index contributed by atoms with van der Waals surface area (Å²) in [5.41, 5.74) is 1.14. The van der Waals surface area contributed by atoms with E-state index >= 15 is 0 Å². The molecule has 0 aromatic heterocycles. The molecule has 1 aromatic rings. The molecular formula is C16H20BrN. The molecule has 0 bridgehead atoms. The molecule has 1 aromatic carbocycles. The molecule has 2 heteroatoms. The predicted molar refractivity (Wildman–Crippen MR) is 78.1 cm³/mol. The van der Waals surface area contributed by atoms with Crippen molar-refractivity contribution >= 4 is 15.9 Å². The SMILES string of the molecule is CCC1CCC(C#N)(Cc2ccccc2Br)CC1. The van der Waals surface area contributed by atoms with Crippen molar-refractivity contribution in [3.05, 3.63) is 34.3 Å². The fourth-order valence-electron chi connectivity index (χ4n) is 2.97. The molecule has 1 aliphatic rings. The van der Waals surface area contributed by atoms with E-state index in [4.69, 9.17) is 0 Å². The molecule has 2 rings (SSSR count). The van der Waals surface area contributed by atoms with Crippen molar-refractivity contribution < 1.29 is 0 Å². The molecule has 0 radical (unpaired) electrons. The minimum Gasteiger partial charge on any atom is -0.198 e. The van der Waals surface area contributed by atoms with Gasteiger partial charge in [-0.2, -0.15) is 5.26 Å². The fourth-order valence-corrected chi connectivity index (χ4v) is 3.40. The third-order valence-corrected chi connectivity index (χ3v) is 5.14. The minimum absolute atomic E-state index is 0.129. The van der Waals surface area contributed by atoms with Crippen LogP contribution in [0, 0.1) is 22.7 Å². The maximum atomic E-state index is 9.59. The average molecular weight is 306 g/mol. The molecule has 0 unspecified atom stereocenters. The molecule has 18 heavy (non-hydrogen) atoms. The molecule has 0 aliphatic heterocycles. The van der Waals surface area contributed by atoms with Gasteiger partial charge in [-0.1, -0.05) is 47.5 Å². The van der Waals surface area contributed by atoms with Crippen LogP contribution in [-0.2, 0) is 6.42 Å². The molecular weight excluding hydrogens is 286 g/mol. The van der Waals surface area contributed by atoms with E-state index in [1.54, 1.807) is 0 Å². The highest BCUT2D eigenvalue weighted by atomic mass is 79.9. The van der Waals surface area contributed by atoms with Gasteiger partial charge >= 0.3 is 0 Å². The van der Waals surface area contributed by atoms with Crippen LogP contribution in [-0.4, -0.2) is 0 Å². The van der Waals surface area contributed by atoms with E-state index < -0.39 is 0 Å². The number of hydrogen-bond acceptors (Lipinski definition) is 1. The summed E-state index contributed by atoms with van der Waals surface area (Å²) in [5, 5.41) is 9.59. The van der Waals surface area contributed by atoms with E-state index in [-0.39, 0.29) is 5.41 Å². The first-order chi connectivity index (χ1) is 8.69. The van der Waals surface area contributed by atoms with Gasteiger partial charge in [0.1, 0.15) is 0 Å². The lowest BCUT2D eigenvalue weighted by molar-refractivity contribution is 0.205. The van der Waals surface area contributed by atoms with E-state index in [0.29, 0.717) is 0 Å². The van der Waals surface area contributed by atoms with Crippen molar-refractivity contribution in [3.63, 3.8) is 0 Å². The zero-order valence-corrected chi connectivity index (χ0v) is 12.5. The van der Waals surface area contributed by atoms with Crippen LogP contribution in [0.15, 0.2) is 28.7 Å². The van der Waals surface area contributed by atoms with E-state index in [2.05, 4.69) is 47.1 Å². The first kappa shape index (κ1) is 13.6. The summed E-state index contributed by atoms with van der Waals surface area (Å²) in [7, 11) is 0. The van der Waals surface area contributed by atoms with Gasteiger partial charge in [-0.15, -0.1) is 0 Å². The second kappa shape index (κ2) is 5.89. The van der Waals surface area contributed by atoms with Crippen molar-refractivity contribution in [2.75, 3.05) is 0 Å². The standard InChI is InChI=1S/C16H20BrN/c1-2-13-7-9-16(12-18,10-8-13)11-14-5-3-4-6-15(14)17/h3-6,13H,2,7-11H2,1H3. The second-order valence-corrected chi connectivity index (χ2v) is 6.37. The molecule has 0 N–H and O–H groups in total. The van der Waals surface area contributed by atoms with E-state index in [9.17, 15) is 5.26 Å². The lowest BCUT2D eigenvalue weighted by Crippen LogP contribution is -2.28. The monoisotopic (exact) mass is 305 g/mol. The highest BCUT2D eigenvalue weighted by molar-refractivity contribution is 9.10. The lowest BCUT2D eigenvalue weighted by atomic mass is 9.68. The van der Waals surface area contributed by atoms with Crippen LogP contribution in [0.1, 0.15) is 44.6 Å². The maximum absolute atomic E-state index is 9.59. The Labute approximate surface area is 118 Å². The highest BCUT2D eigenvalue weighted by Gasteiger charge is 2.35. The zero-order valence-electron chi connectivity index (χ0n) is 11.0. The molecule has 1 fully saturated rings. The van der Waals surface area contributed by atoms with Crippen LogP contribution in [0.2, 0.25) is 0 Å². The van der Waals surface area contributed by atoms with Crippen molar-refractivity contribution in [2.45, 2.75) is 45.4 Å². The van der Waals surface area contributed by atoms with Gasteiger partial charge < -0.3 is 0 Å². The van der Waals surface area contributed by atoms with Gasteiger partial charge in [0.05, 0.1) is 11.5 Å². The van der Waals surface area contributed by atoms with Gasteiger partial charge in [0, 0.05) is 4.47 Å². The normalized spacial score (nSPS) is 27.7. The van der Waals surface area contributed by atoms with Crippen LogP contribution in [0.25, 0.3) is 0 Å². The van der Waals surface area contributed by atoms with Crippen molar-refractivity contribution in [1.29, 1.82) is 5.26 Å². The summed E-state index contributed by atoms with van der Waals surface area (Å²) in [4.78, 5) is 0. The number of rotatable bonds is 3.